The van der Waals surface area contributed by atoms with Crippen LogP contribution in [0.2, 0.25) is 0 Å². The van der Waals surface area contributed by atoms with Crippen molar-refractivity contribution >= 4 is 27.6 Å². The molecule has 1 aliphatic heterocycles. The molecule has 1 saturated heterocycles. The van der Waals surface area contributed by atoms with Crippen LogP contribution in [0.4, 0.5) is 5.69 Å². The first-order valence-electron chi connectivity index (χ1n) is 6.36. The van der Waals surface area contributed by atoms with Crippen molar-refractivity contribution in [1.82, 2.24) is 0 Å². The van der Waals surface area contributed by atoms with E-state index in [1.54, 1.807) is 0 Å². The molecule has 18 heavy (non-hydrogen) atoms. The first kappa shape index (κ1) is 13.4. The van der Waals surface area contributed by atoms with Crippen molar-refractivity contribution in [1.29, 1.82) is 0 Å². The third kappa shape index (κ3) is 2.69. The highest BCUT2D eigenvalue weighted by molar-refractivity contribution is 9.10. The van der Waals surface area contributed by atoms with Crippen molar-refractivity contribution in [2.75, 3.05) is 18.1 Å². The van der Waals surface area contributed by atoms with Gasteiger partial charge in [-0.1, -0.05) is 0 Å². The van der Waals surface area contributed by atoms with Gasteiger partial charge in [0.25, 0.3) is 0 Å². The highest BCUT2D eigenvalue weighted by atomic mass is 79.9. The lowest BCUT2D eigenvalue weighted by atomic mass is 10.2. The minimum absolute atomic E-state index is 0.265. The van der Waals surface area contributed by atoms with E-state index in [1.807, 2.05) is 25.1 Å². The van der Waals surface area contributed by atoms with Crippen LogP contribution in [-0.2, 0) is 4.74 Å². The van der Waals surface area contributed by atoms with Gasteiger partial charge in [-0.15, -0.1) is 0 Å². The SMILES string of the molecule is CCOC(=O)c1ccc(N2CCC[C@H]2C)c(Br)c1. The normalized spacial score (nSPS) is 19.1. The Bertz CT molecular complexity index is 447. The Morgan fingerprint density at radius 3 is 2.89 bits per heavy atom. The summed E-state index contributed by atoms with van der Waals surface area (Å²) in [6.07, 6.45) is 2.46. The first-order valence-corrected chi connectivity index (χ1v) is 7.16. The molecular weight excluding hydrogens is 294 g/mol. The molecule has 4 heteroatoms. The lowest BCUT2D eigenvalue weighted by Gasteiger charge is -2.25. The van der Waals surface area contributed by atoms with Gasteiger partial charge in [-0.2, -0.15) is 0 Å². The fourth-order valence-corrected chi connectivity index (χ4v) is 2.98. The average molecular weight is 312 g/mol. The smallest absolute Gasteiger partial charge is 0.338 e. The number of nitrogens with zero attached hydrogens (tertiary/aromatic N) is 1. The van der Waals surface area contributed by atoms with E-state index in [4.69, 9.17) is 4.74 Å². The lowest BCUT2D eigenvalue weighted by molar-refractivity contribution is 0.0526. The largest absolute Gasteiger partial charge is 0.462 e. The molecule has 1 fully saturated rings. The maximum Gasteiger partial charge on any atom is 0.338 e. The fourth-order valence-electron chi connectivity index (χ4n) is 2.37. The number of halogens is 1. The number of esters is 1. The van der Waals surface area contributed by atoms with Crippen LogP contribution in [-0.4, -0.2) is 25.2 Å². The summed E-state index contributed by atoms with van der Waals surface area (Å²) in [6.45, 7) is 5.53. The number of hydrogen-bond donors (Lipinski definition) is 0. The van der Waals surface area contributed by atoms with Crippen LogP contribution in [0.3, 0.4) is 0 Å². The quantitative estimate of drug-likeness (QED) is 0.799. The van der Waals surface area contributed by atoms with Crippen LogP contribution < -0.4 is 4.90 Å². The van der Waals surface area contributed by atoms with Crippen LogP contribution in [0, 0.1) is 0 Å². The summed E-state index contributed by atoms with van der Waals surface area (Å²) in [4.78, 5) is 14.0. The maximum absolute atomic E-state index is 11.6. The molecule has 1 heterocycles. The Morgan fingerprint density at radius 2 is 2.33 bits per heavy atom. The first-order chi connectivity index (χ1) is 8.63. The summed E-state index contributed by atoms with van der Waals surface area (Å²) < 4.78 is 5.96. The summed E-state index contributed by atoms with van der Waals surface area (Å²) in [5.74, 6) is -0.265. The Kier molecular flexibility index (Phi) is 4.27. The van der Waals surface area contributed by atoms with E-state index in [2.05, 4.69) is 27.8 Å². The van der Waals surface area contributed by atoms with E-state index in [-0.39, 0.29) is 5.97 Å². The van der Waals surface area contributed by atoms with E-state index < -0.39 is 0 Å². The van der Waals surface area contributed by atoms with Gasteiger partial charge in [0.1, 0.15) is 0 Å². The Balaban J connectivity index is 2.22. The molecule has 0 saturated carbocycles. The molecular formula is C14H18BrNO2. The number of ether oxygens (including phenoxy) is 1. The molecule has 1 atom stereocenters. The second-order valence-electron chi connectivity index (χ2n) is 4.57. The van der Waals surface area contributed by atoms with Gasteiger partial charge in [-0.3, -0.25) is 0 Å². The van der Waals surface area contributed by atoms with Gasteiger partial charge in [-0.05, 0) is 60.8 Å². The summed E-state index contributed by atoms with van der Waals surface area (Å²) in [7, 11) is 0. The van der Waals surface area contributed by atoms with Crippen molar-refractivity contribution in [3.8, 4) is 0 Å². The topological polar surface area (TPSA) is 29.5 Å². The molecule has 0 spiro atoms. The minimum atomic E-state index is -0.265. The van der Waals surface area contributed by atoms with E-state index >= 15 is 0 Å². The Morgan fingerprint density at radius 1 is 1.56 bits per heavy atom. The van der Waals surface area contributed by atoms with Gasteiger partial charge in [0, 0.05) is 17.1 Å². The lowest BCUT2D eigenvalue weighted by Crippen LogP contribution is -2.26. The average Bonchev–Trinajstić information content (AvgIpc) is 2.75. The van der Waals surface area contributed by atoms with Crippen LogP contribution >= 0.6 is 15.9 Å². The molecule has 0 bridgehead atoms. The molecule has 0 unspecified atom stereocenters. The molecule has 2 rings (SSSR count). The monoisotopic (exact) mass is 311 g/mol. The summed E-state index contributed by atoms with van der Waals surface area (Å²) >= 11 is 3.55. The zero-order valence-corrected chi connectivity index (χ0v) is 12.4. The van der Waals surface area contributed by atoms with Crippen LogP contribution in [0.25, 0.3) is 0 Å². The molecule has 0 aromatic heterocycles. The predicted octanol–water partition coefficient (Wildman–Crippen LogP) is 3.61. The fraction of sp³-hybridized carbons (Fsp3) is 0.500. The molecule has 0 radical (unpaired) electrons. The van der Waals surface area contributed by atoms with Gasteiger partial charge in [0.15, 0.2) is 0 Å². The van der Waals surface area contributed by atoms with E-state index in [0.29, 0.717) is 18.2 Å². The van der Waals surface area contributed by atoms with Crippen molar-refractivity contribution < 1.29 is 9.53 Å². The highest BCUT2D eigenvalue weighted by Crippen LogP contribution is 2.32. The zero-order valence-electron chi connectivity index (χ0n) is 10.8. The summed E-state index contributed by atoms with van der Waals surface area (Å²) in [5.41, 5.74) is 1.76. The number of carbonyl (C=O) groups excluding carboxylic acids is 1. The van der Waals surface area contributed by atoms with Gasteiger partial charge in [-0.25, -0.2) is 4.79 Å². The van der Waals surface area contributed by atoms with Gasteiger partial charge >= 0.3 is 5.97 Å². The second-order valence-corrected chi connectivity index (χ2v) is 5.43. The summed E-state index contributed by atoms with van der Waals surface area (Å²) in [5, 5.41) is 0. The number of anilines is 1. The van der Waals surface area contributed by atoms with E-state index in [1.165, 1.54) is 12.8 Å². The molecule has 0 amide bonds. The van der Waals surface area contributed by atoms with Crippen LogP contribution in [0.15, 0.2) is 22.7 Å². The van der Waals surface area contributed by atoms with E-state index in [0.717, 1.165) is 16.7 Å². The maximum atomic E-state index is 11.6. The van der Waals surface area contributed by atoms with Crippen LogP contribution in [0.5, 0.6) is 0 Å². The van der Waals surface area contributed by atoms with Crippen molar-refractivity contribution in [3.63, 3.8) is 0 Å². The van der Waals surface area contributed by atoms with Crippen molar-refractivity contribution in [2.45, 2.75) is 32.7 Å². The van der Waals surface area contributed by atoms with Crippen molar-refractivity contribution in [2.24, 2.45) is 0 Å². The molecule has 3 nitrogen and oxygen atoms in total. The minimum Gasteiger partial charge on any atom is -0.462 e. The highest BCUT2D eigenvalue weighted by Gasteiger charge is 2.22. The number of hydrogen-bond acceptors (Lipinski definition) is 3. The van der Waals surface area contributed by atoms with Crippen molar-refractivity contribution in [3.05, 3.63) is 28.2 Å². The standard InChI is InChI=1S/C14H18BrNO2/c1-3-18-14(17)11-6-7-13(12(15)9-11)16-8-4-5-10(16)2/h6-7,9-10H,3-5,8H2,1-2H3/t10-/m1/s1. The molecule has 1 aromatic rings. The molecule has 98 valence electrons. The number of rotatable bonds is 3. The number of carbonyl (C=O) groups is 1. The second kappa shape index (κ2) is 5.74. The van der Waals surface area contributed by atoms with Gasteiger partial charge in [0.05, 0.1) is 17.9 Å². The third-order valence-electron chi connectivity index (χ3n) is 3.32. The third-order valence-corrected chi connectivity index (χ3v) is 3.96. The molecule has 0 aliphatic carbocycles. The summed E-state index contributed by atoms with van der Waals surface area (Å²) in [6, 6.07) is 6.24. The van der Waals surface area contributed by atoms with Gasteiger partial charge in [0.2, 0.25) is 0 Å². The Labute approximate surface area is 116 Å². The van der Waals surface area contributed by atoms with E-state index in [9.17, 15) is 4.79 Å². The number of benzene rings is 1. The zero-order chi connectivity index (χ0) is 13.1. The molecule has 1 aliphatic rings. The Hall–Kier alpha value is -1.03. The van der Waals surface area contributed by atoms with Gasteiger partial charge < -0.3 is 9.64 Å². The van der Waals surface area contributed by atoms with Crippen LogP contribution in [0.1, 0.15) is 37.0 Å². The molecule has 1 aromatic carbocycles. The predicted molar refractivity (Wildman–Crippen MR) is 76.1 cm³/mol. The molecule has 0 N–H and O–H groups in total.